The van der Waals surface area contributed by atoms with Crippen LogP contribution < -0.4 is 5.73 Å². The zero-order valence-electron chi connectivity index (χ0n) is 11.6. The number of thiocarbonyl (C=S) groups is 1. The summed E-state index contributed by atoms with van der Waals surface area (Å²) < 4.78 is 14.1. The molecule has 0 aliphatic heterocycles. The van der Waals surface area contributed by atoms with E-state index < -0.39 is 0 Å². The molecule has 0 aliphatic carbocycles. The first kappa shape index (κ1) is 16.1. The third-order valence-electron chi connectivity index (χ3n) is 3.04. The molecule has 0 unspecified atom stereocenters. The SMILES string of the molecule is CN(Cc1cc(F)cc(Br)c1)Cc1cccc(C(N)=S)c1. The average molecular weight is 367 g/mol. The van der Waals surface area contributed by atoms with E-state index in [2.05, 4.69) is 20.8 Å². The van der Waals surface area contributed by atoms with Gasteiger partial charge in [0, 0.05) is 23.1 Å². The predicted octanol–water partition coefficient (Wildman–Crippen LogP) is 3.85. The molecule has 0 fully saturated rings. The Morgan fingerprint density at radius 3 is 2.57 bits per heavy atom. The van der Waals surface area contributed by atoms with Crippen LogP contribution in [0.3, 0.4) is 0 Å². The molecule has 2 rings (SSSR count). The second-order valence-corrected chi connectivity index (χ2v) is 6.37. The molecule has 2 aromatic carbocycles. The van der Waals surface area contributed by atoms with Crippen molar-refractivity contribution >= 4 is 33.1 Å². The lowest BCUT2D eigenvalue weighted by Gasteiger charge is -2.17. The van der Waals surface area contributed by atoms with Gasteiger partial charge in [-0.25, -0.2) is 4.39 Å². The van der Waals surface area contributed by atoms with Gasteiger partial charge in [0.2, 0.25) is 0 Å². The molecule has 21 heavy (non-hydrogen) atoms. The zero-order chi connectivity index (χ0) is 15.4. The van der Waals surface area contributed by atoms with Gasteiger partial charge in [-0.05, 0) is 42.4 Å². The number of nitrogens with zero attached hydrogens (tertiary/aromatic N) is 1. The molecule has 5 heteroatoms. The van der Waals surface area contributed by atoms with Crippen LogP contribution in [-0.2, 0) is 13.1 Å². The van der Waals surface area contributed by atoms with Gasteiger partial charge in [-0.2, -0.15) is 0 Å². The van der Waals surface area contributed by atoms with E-state index in [0.29, 0.717) is 11.5 Å². The van der Waals surface area contributed by atoms with Gasteiger partial charge in [-0.1, -0.05) is 46.3 Å². The Bertz CT molecular complexity index is 640. The van der Waals surface area contributed by atoms with E-state index in [-0.39, 0.29) is 5.82 Å². The first-order valence-electron chi connectivity index (χ1n) is 6.46. The highest BCUT2D eigenvalue weighted by molar-refractivity contribution is 9.10. The molecule has 110 valence electrons. The highest BCUT2D eigenvalue weighted by Crippen LogP contribution is 2.17. The smallest absolute Gasteiger partial charge is 0.124 e. The fourth-order valence-electron chi connectivity index (χ4n) is 2.20. The van der Waals surface area contributed by atoms with Gasteiger partial charge >= 0.3 is 0 Å². The van der Waals surface area contributed by atoms with Crippen LogP contribution in [0.2, 0.25) is 0 Å². The summed E-state index contributed by atoms with van der Waals surface area (Å²) in [7, 11) is 1.99. The van der Waals surface area contributed by atoms with Crippen molar-refractivity contribution in [3.05, 3.63) is 69.4 Å². The normalized spacial score (nSPS) is 10.9. The van der Waals surface area contributed by atoms with Crippen molar-refractivity contribution in [1.82, 2.24) is 4.90 Å². The van der Waals surface area contributed by atoms with Crippen LogP contribution in [0.5, 0.6) is 0 Å². The van der Waals surface area contributed by atoms with Crippen molar-refractivity contribution in [2.45, 2.75) is 13.1 Å². The Kier molecular flexibility index (Phi) is 5.45. The molecule has 2 N–H and O–H groups in total. The van der Waals surface area contributed by atoms with Crippen molar-refractivity contribution in [2.75, 3.05) is 7.05 Å². The molecule has 2 aromatic rings. The summed E-state index contributed by atoms with van der Waals surface area (Å²) in [6, 6.07) is 12.8. The predicted molar refractivity (Wildman–Crippen MR) is 91.6 cm³/mol. The molecule has 0 radical (unpaired) electrons. The van der Waals surface area contributed by atoms with Gasteiger partial charge in [0.05, 0.1) is 0 Å². The zero-order valence-corrected chi connectivity index (χ0v) is 14.0. The lowest BCUT2D eigenvalue weighted by atomic mass is 10.1. The maximum absolute atomic E-state index is 13.4. The topological polar surface area (TPSA) is 29.3 Å². The Labute approximate surface area is 137 Å². The van der Waals surface area contributed by atoms with E-state index in [9.17, 15) is 4.39 Å². The first-order chi connectivity index (χ1) is 9.94. The average Bonchev–Trinajstić information content (AvgIpc) is 2.37. The maximum atomic E-state index is 13.4. The molecule has 0 heterocycles. The standard InChI is InChI=1S/C16H16BrFN2S/c1-20(10-12-6-14(17)8-15(18)7-12)9-11-3-2-4-13(5-11)16(19)21/h2-8H,9-10H2,1H3,(H2,19,21). The van der Waals surface area contributed by atoms with Gasteiger partial charge in [-0.15, -0.1) is 0 Å². The summed E-state index contributed by atoms with van der Waals surface area (Å²) >= 11 is 8.29. The number of halogens is 2. The summed E-state index contributed by atoms with van der Waals surface area (Å²) in [4.78, 5) is 2.51. The molecule has 0 saturated heterocycles. The molecule has 0 spiro atoms. The molecule has 0 saturated carbocycles. The van der Waals surface area contributed by atoms with E-state index in [4.69, 9.17) is 18.0 Å². The molecule has 0 bridgehead atoms. The third kappa shape index (κ3) is 4.88. The van der Waals surface area contributed by atoms with Crippen molar-refractivity contribution in [3.63, 3.8) is 0 Å². The second kappa shape index (κ2) is 7.11. The summed E-state index contributed by atoms with van der Waals surface area (Å²) in [5.41, 5.74) is 8.56. The van der Waals surface area contributed by atoms with Crippen LogP contribution in [0.1, 0.15) is 16.7 Å². The van der Waals surface area contributed by atoms with Gasteiger partial charge in [0.1, 0.15) is 10.8 Å². The van der Waals surface area contributed by atoms with E-state index in [1.807, 2.05) is 37.4 Å². The van der Waals surface area contributed by atoms with E-state index in [1.54, 1.807) is 6.07 Å². The quantitative estimate of drug-likeness (QED) is 0.814. The molecule has 0 atom stereocenters. The fraction of sp³-hybridized carbons (Fsp3) is 0.188. The highest BCUT2D eigenvalue weighted by atomic mass is 79.9. The number of rotatable bonds is 5. The maximum Gasteiger partial charge on any atom is 0.124 e. The van der Waals surface area contributed by atoms with Crippen LogP contribution in [-0.4, -0.2) is 16.9 Å². The monoisotopic (exact) mass is 366 g/mol. The summed E-state index contributed by atoms with van der Waals surface area (Å²) in [5.74, 6) is -0.233. The van der Waals surface area contributed by atoms with E-state index in [1.165, 1.54) is 6.07 Å². The van der Waals surface area contributed by atoms with Gasteiger partial charge in [0.15, 0.2) is 0 Å². The highest BCUT2D eigenvalue weighted by Gasteiger charge is 2.06. The molecular weight excluding hydrogens is 351 g/mol. The molecule has 0 aromatic heterocycles. The first-order valence-corrected chi connectivity index (χ1v) is 7.66. The van der Waals surface area contributed by atoms with E-state index in [0.717, 1.165) is 27.7 Å². The van der Waals surface area contributed by atoms with Crippen LogP contribution in [0.4, 0.5) is 4.39 Å². The lowest BCUT2D eigenvalue weighted by Crippen LogP contribution is -2.18. The Morgan fingerprint density at radius 2 is 1.90 bits per heavy atom. The Balaban J connectivity index is 2.06. The lowest BCUT2D eigenvalue weighted by molar-refractivity contribution is 0.318. The van der Waals surface area contributed by atoms with Crippen LogP contribution in [0, 0.1) is 5.82 Å². The van der Waals surface area contributed by atoms with Crippen molar-refractivity contribution in [3.8, 4) is 0 Å². The van der Waals surface area contributed by atoms with Crippen molar-refractivity contribution < 1.29 is 4.39 Å². The minimum atomic E-state index is -0.233. The molecule has 0 aliphatic rings. The third-order valence-corrected chi connectivity index (χ3v) is 3.73. The molecule has 0 amide bonds. The summed E-state index contributed by atoms with van der Waals surface area (Å²) in [6.45, 7) is 1.40. The largest absolute Gasteiger partial charge is 0.389 e. The van der Waals surface area contributed by atoms with Crippen LogP contribution >= 0.6 is 28.1 Å². The Morgan fingerprint density at radius 1 is 1.19 bits per heavy atom. The Hall–Kier alpha value is -1.30. The number of hydrogen-bond acceptors (Lipinski definition) is 2. The van der Waals surface area contributed by atoms with Crippen LogP contribution in [0.15, 0.2) is 46.9 Å². The number of nitrogens with two attached hydrogens (primary N) is 1. The minimum Gasteiger partial charge on any atom is -0.389 e. The van der Waals surface area contributed by atoms with Crippen molar-refractivity contribution in [1.29, 1.82) is 0 Å². The summed E-state index contributed by atoms with van der Waals surface area (Å²) in [5, 5.41) is 0. The minimum absolute atomic E-state index is 0.233. The molecular formula is C16H16BrFN2S. The number of hydrogen-bond donors (Lipinski definition) is 1. The molecule has 2 nitrogen and oxygen atoms in total. The fourth-order valence-corrected chi connectivity index (χ4v) is 2.84. The second-order valence-electron chi connectivity index (χ2n) is 5.01. The van der Waals surface area contributed by atoms with Gasteiger partial charge < -0.3 is 5.73 Å². The number of benzene rings is 2. The van der Waals surface area contributed by atoms with Crippen molar-refractivity contribution in [2.24, 2.45) is 5.73 Å². The van der Waals surface area contributed by atoms with E-state index >= 15 is 0 Å². The van der Waals surface area contributed by atoms with Crippen LogP contribution in [0.25, 0.3) is 0 Å². The van der Waals surface area contributed by atoms with Gasteiger partial charge in [0.25, 0.3) is 0 Å². The summed E-state index contributed by atoms with van der Waals surface area (Å²) in [6.07, 6.45) is 0. The van der Waals surface area contributed by atoms with Gasteiger partial charge in [-0.3, -0.25) is 4.90 Å².